The quantitative estimate of drug-likeness (QED) is 0.671. The minimum Gasteiger partial charge on any atom is -0.356 e. The highest BCUT2D eigenvalue weighted by atomic mass is 16.1. The van der Waals surface area contributed by atoms with Gasteiger partial charge in [-0.15, -0.1) is 0 Å². The molecule has 100 valence electrons. The van der Waals surface area contributed by atoms with E-state index in [1.54, 1.807) is 0 Å². The number of nitrogens with zero attached hydrogens (tertiary/aromatic N) is 1. The van der Waals surface area contributed by atoms with Crippen LogP contribution in [0.2, 0.25) is 0 Å². The van der Waals surface area contributed by atoms with Crippen molar-refractivity contribution in [3.63, 3.8) is 0 Å². The number of H-pyrrole nitrogens is 1. The average molecular weight is 250 g/mol. The van der Waals surface area contributed by atoms with Crippen LogP contribution in [0.3, 0.4) is 0 Å². The zero-order valence-corrected chi connectivity index (χ0v) is 11.1. The maximum Gasteiger partial charge on any atom is 0.224 e. The first-order chi connectivity index (χ1) is 8.68. The summed E-state index contributed by atoms with van der Waals surface area (Å²) in [5.41, 5.74) is 2.36. The monoisotopic (exact) mass is 250 g/mol. The van der Waals surface area contributed by atoms with E-state index in [4.69, 9.17) is 0 Å². The largest absolute Gasteiger partial charge is 0.356 e. The van der Waals surface area contributed by atoms with Gasteiger partial charge in [-0.1, -0.05) is 6.92 Å². The van der Waals surface area contributed by atoms with Gasteiger partial charge in [-0.3, -0.25) is 9.89 Å². The number of hydrogen-bond acceptors (Lipinski definition) is 3. The molecule has 1 aliphatic rings. The number of aryl methyl sites for hydroxylation is 2. The topological polar surface area (TPSA) is 69.8 Å². The summed E-state index contributed by atoms with van der Waals surface area (Å²) in [7, 11) is 0. The van der Waals surface area contributed by atoms with Gasteiger partial charge in [0, 0.05) is 18.8 Å². The summed E-state index contributed by atoms with van der Waals surface area (Å²) in [6, 6.07) is 0. The van der Waals surface area contributed by atoms with E-state index in [1.807, 2.05) is 13.1 Å². The summed E-state index contributed by atoms with van der Waals surface area (Å²) in [5, 5.41) is 13.2. The van der Waals surface area contributed by atoms with E-state index in [0.29, 0.717) is 5.92 Å². The Balaban J connectivity index is 1.66. The first kappa shape index (κ1) is 13.1. The number of carbonyl (C=O) groups excluding carboxylic acids is 1. The Morgan fingerprint density at radius 3 is 3.00 bits per heavy atom. The predicted octanol–water partition coefficient (Wildman–Crippen LogP) is 0.622. The molecule has 2 heterocycles. The molecule has 0 saturated carbocycles. The molecule has 2 rings (SSSR count). The lowest BCUT2D eigenvalue weighted by atomic mass is 9.97. The first-order valence-electron chi connectivity index (χ1n) is 6.65. The Bertz CT molecular complexity index is 401. The lowest BCUT2D eigenvalue weighted by Crippen LogP contribution is -2.35. The fraction of sp³-hybridized carbons (Fsp3) is 0.692. The smallest absolute Gasteiger partial charge is 0.224 e. The van der Waals surface area contributed by atoms with Crippen molar-refractivity contribution in [1.29, 1.82) is 0 Å². The van der Waals surface area contributed by atoms with Gasteiger partial charge in [0.2, 0.25) is 5.91 Å². The Hall–Kier alpha value is -1.36. The third-order valence-corrected chi connectivity index (χ3v) is 3.71. The summed E-state index contributed by atoms with van der Waals surface area (Å²) >= 11 is 0. The number of aromatic nitrogens is 2. The Kier molecular flexibility index (Phi) is 4.36. The molecule has 0 bridgehead atoms. The van der Waals surface area contributed by atoms with Crippen LogP contribution in [0.5, 0.6) is 0 Å². The lowest BCUT2D eigenvalue weighted by Gasteiger charge is -2.13. The summed E-state index contributed by atoms with van der Waals surface area (Å²) < 4.78 is 0. The second kappa shape index (κ2) is 6.00. The molecular weight excluding hydrogens is 228 g/mol. The summed E-state index contributed by atoms with van der Waals surface area (Å²) in [6.07, 6.45) is 3.78. The molecule has 0 radical (unpaired) electrons. The minimum absolute atomic E-state index is 0.140. The molecule has 0 spiro atoms. The number of carbonyl (C=O) groups is 1. The van der Waals surface area contributed by atoms with Crippen molar-refractivity contribution < 1.29 is 4.79 Å². The number of nitrogens with one attached hydrogen (secondary N) is 3. The van der Waals surface area contributed by atoms with Crippen LogP contribution in [0.25, 0.3) is 0 Å². The van der Waals surface area contributed by atoms with Crippen molar-refractivity contribution in [2.24, 2.45) is 11.8 Å². The van der Waals surface area contributed by atoms with Gasteiger partial charge >= 0.3 is 0 Å². The standard InChI is InChI=1S/C13H22N4O/c1-9-6-14-8-12(9)13(18)15-5-3-4-11-7-16-17-10(11)2/h7,9,12,14H,3-6,8H2,1-2H3,(H,15,18)(H,16,17)/t9-,12-/m1/s1. The second-order valence-electron chi connectivity index (χ2n) is 5.16. The van der Waals surface area contributed by atoms with Gasteiger partial charge in [-0.2, -0.15) is 5.10 Å². The van der Waals surface area contributed by atoms with Crippen molar-refractivity contribution in [3.8, 4) is 0 Å². The van der Waals surface area contributed by atoms with Gasteiger partial charge in [0.1, 0.15) is 0 Å². The van der Waals surface area contributed by atoms with Gasteiger partial charge in [0.05, 0.1) is 12.1 Å². The molecule has 1 aliphatic heterocycles. The van der Waals surface area contributed by atoms with Crippen LogP contribution in [0.1, 0.15) is 24.6 Å². The molecule has 1 saturated heterocycles. The fourth-order valence-electron chi connectivity index (χ4n) is 2.41. The van der Waals surface area contributed by atoms with Crippen LogP contribution in [-0.2, 0) is 11.2 Å². The molecule has 18 heavy (non-hydrogen) atoms. The van der Waals surface area contributed by atoms with Crippen molar-refractivity contribution in [2.75, 3.05) is 19.6 Å². The van der Waals surface area contributed by atoms with Gasteiger partial charge < -0.3 is 10.6 Å². The first-order valence-corrected chi connectivity index (χ1v) is 6.65. The number of rotatable bonds is 5. The molecule has 5 nitrogen and oxygen atoms in total. The predicted molar refractivity (Wildman–Crippen MR) is 70.2 cm³/mol. The van der Waals surface area contributed by atoms with Crippen molar-refractivity contribution >= 4 is 5.91 Å². The zero-order valence-electron chi connectivity index (χ0n) is 11.1. The Morgan fingerprint density at radius 2 is 2.39 bits per heavy atom. The maximum atomic E-state index is 11.9. The Labute approximate surface area is 108 Å². The van der Waals surface area contributed by atoms with E-state index in [2.05, 4.69) is 27.8 Å². The van der Waals surface area contributed by atoms with Crippen molar-refractivity contribution in [1.82, 2.24) is 20.8 Å². The highest BCUT2D eigenvalue weighted by Gasteiger charge is 2.28. The molecule has 0 unspecified atom stereocenters. The van der Waals surface area contributed by atoms with E-state index < -0.39 is 0 Å². The number of hydrogen-bond donors (Lipinski definition) is 3. The third kappa shape index (κ3) is 3.10. The lowest BCUT2D eigenvalue weighted by molar-refractivity contribution is -0.125. The fourth-order valence-corrected chi connectivity index (χ4v) is 2.41. The van der Waals surface area contributed by atoms with E-state index in [0.717, 1.165) is 38.2 Å². The molecule has 0 aromatic carbocycles. The molecule has 1 aromatic rings. The Morgan fingerprint density at radius 1 is 1.56 bits per heavy atom. The van der Waals surface area contributed by atoms with E-state index >= 15 is 0 Å². The van der Waals surface area contributed by atoms with Crippen LogP contribution in [0.15, 0.2) is 6.20 Å². The van der Waals surface area contributed by atoms with E-state index in [-0.39, 0.29) is 11.8 Å². The SMILES string of the molecule is Cc1[nH]ncc1CCCNC(=O)[C@@H]1CNC[C@H]1C. The maximum absolute atomic E-state index is 11.9. The van der Waals surface area contributed by atoms with Gasteiger partial charge in [-0.05, 0) is 37.8 Å². The molecule has 0 aliphatic carbocycles. The summed E-state index contributed by atoms with van der Waals surface area (Å²) in [6.45, 7) is 6.65. The number of aromatic amines is 1. The molecule has 5 heteroatoms. The van der Waals surface area contributed by atoms with Crippen molar-refractivity contribution in [3.05, 3.63) is 17.5 Å². The highest BCUT2D eigenvalue weighted by molar-refractivity contribution is 5.79. The third-order valence-electron chi connectivity index (χ3n) is 3.71. The molecule has 1 amide bonds. The van der Waals surface area contributed by atoms with Crippen LogP contribution >= 0.6 is 0 Å². The van der Waals surface area contributed by atoms with Crippen LogP contribution in [0.4, 0.5) is 0 Å². The van der Waals surface area contributed by atoms with Crippen molar-refractivity contribution in [2.45, 2.75) is 26.7 Å². The van der Waals surface area contributed by atoms with Crippen LogP contribution < -0.4 is 10.6 Å². The number of amides is 1. The summed E-state index contributed by atoms with van der Waals surface area (Å²) in [4.78, 5) is 11.9. The summed E-state index contributed by atoms with van der Waals surface area (Å²) in [5.74, 6) is 0.776. The molecule has 2 atom stereocenters. The molecule has 1 aromatic heterocycles. The highest BCUT2D eigenvalue weighted by Crippen LogP contribution is 2.15. The zero-order chi connectivity index (χ0) is 13.0. The molecule has 3 N–H and O–H groups in total. The molecule has 1 fully saturated rings. The molecular formula is C13H22N4O. The van der Waals surface area contributed by atoms with Gasteiger partial charge in [-0.25, -0.2) is 0 Å². The van der Waals surface area contributed by atoms with E-state index in [9.17, 15) is 4.79 Å². The van der Waals surface area contributed by atoms with Crippen LogP contribution in [-0.4, -0.2) is 35.7 Å². The van der Waals surface area contributed by atoms with Gasteiger partial charge in [0.15, 0.2) is 0 Å². The average Bonchev–Trinajstić information content (AvgIpc) is 2.94. The minimum atomic E-state index is 0.140. The van der Waals surface area contributed by atoms with Gasteiger partial charge in [0.25, 0.3) is 0 Å². The normalized spacial score (nSPS) is 23.2. The van der Waals surface area contributed by atoms with Crippen LogP contribution in [0, 0.1) is 18.8 Å². The second-order valence-corrected chi connectivity index (χ2v) is 5.16. The van der Waals surface area contributed by atoms with E-state index in [1.165, 1.54) is 5.56 Å².